The van der Waals surface area contributed by atoms with Gasteiger partial charge in [-0.25, -0.2) is 4.79 Å². The molecule has 1 N–H and O–H groups in total. The number of aromatic carboxylic acids is 1. The zero-order valence-corrected chi connectivity index (χ0v) is 10.9. The Morgan fingerprint density at radius 3 is 2.15 bits per heavy atom. The number of ketones is 1. The topological polar surface area (TPSA) is 54.4 Å². The van der Waals surface area contributed by atoms with Gasteiger partial charge in [0.25, 0.3) is 0 Å². The van der Waals surface area contributed by atoms with Gasteiger partial charge in [-0.05, 0) is 18.1 Å². The summed E-state index contributed by atoms with van der Waals surface area (Å²) in [5.41, 5.74) is 1.76. The molecule has 0 radical (unpaired) electrons. The first-order valence-electron chi connectivity index (χ1n) is 6.20. The van der Waals surface area contributed by atoms with Gasteiger partial charge in [0.05, 0.1) is 5.56 Å². The van der Waals surface area contributed by atoms with Crippen molar-refractivity contribution < 1.29 is 14.7 Å². The minimum absolute atomic E-state index is 0.0210. The summed E-state index contributed by atoms with van der Waals surface area (Å²) in [6.07, 6.45) is 2.52. The van der Waals surface area contributed by atoms with E-state index in [-0.39, 0.29) is 16.9 Å². The van der Waals surface area contributed by atoms with Crippen LogP contribution in [-0.4, -0.2) is 16.9 Å². The van der Waals surface area contributed by atoms with Crippen molar-refractivity contribution in [1.82, 2.24) is 0 Å². The number of carbonyl (C=O) groups excluding carboxylic acids is 1. The van der Waals surface area contributed by atoms with Gasteiger partial charge in [0.15, 0.2) is 5.78 Å². The summed E-state index contributed by atoms with van der Waals surface area (Å²) in [5, 5.41) is 9.11. The lowest BCUT2D eigenvalue weighted by atomic mass is 9.97. The molecule has 0 amide bonds. The van der Waals surface area contributed by atoms with Crippen molar-refractivity contribution >= 4 is 11.8 Å². The Morgan fingerprint density at radius 2 is 1.60 bits per heavy atom. The van der Waals surface area contributed by atoms with Gasteiger partial charge in [-0.15, -0.1) is 6.58 Å². The summed E-state index contributed by atoms with van der Waals surface area (Å²) in [7, 11) is 0. The molecule has 0 aromatic heterocycles. The van der Waals surface area contributed by atoms with Crippen LogP contribution in [0, 0.1) is 0 Å². The number of benzene rings is 2. The van der Waals surface area contributed by atoms with Gasteiger partial charge in [-0.3, -0.25) is 4.79 Å². The Hall–Kier alpha value is -2.68. The van der Waals surface area contributed by atoms with Gasteiger partial charge in [-0.1, -0.05) is 48.5 Å². The Kier molecular flexibility index (Phi) is 4.11. The standard InChI is InChI=1S/C17H14O3/c1-2-5-12-8-10-13(11-9-12)16(18)14-6-3-4-7-15(14)17(19)20/h2-4,6-11H,1,5H2,(H,19,20). The highest BCUT2D eigenvalue weighted by Crippen LogP contribution is 2.15. The maximum Gasteiger partial charge on any atom is 0.336 e. The van der Waals surface area contributed by atoms with E-state index in [1.807, 2.05) is 12.1 Å². The Bertz CT molecular complexity index is 654. The van der Waals surface area contributed by atoms with Crippen LogP contribution < -0.4 is 0 Å². The van der Waals surface area contributed by atoms with Gasteiger partial charge >= 0.3 is 5.97 Å². The number of carboxylic acids is 1. The summed E-state index contributed by atoms with van der Waals surface area (Å²) in [6.45, 7) is 3.66. The molecule has 0 saturated carbocycles. The minimum atomic E-state index is -1.10. The van der Waals surface area contributed by atoms with E-state index in [2.05, 4.69) is 6.58 Å². The van der Waals surface area contributed by atoms with Crippen LogP contribution in [0.5, 0.6) is 0 Å². The van der Waals surface area contributed by atoms with E-state index in [9.17, 15) is 9.59 Å². The van der Waals surface area contributed by atoms with Crippen molar-refractivity contribution in [2.24, 2.45) is 0 Å². The van der Waals surface area contributed by atoms with E-state index in [0.717, 1.165) is 12.0 Å². The quantitative estimate of drug-likeness (QED) is 0.667. The largest absolute Gasteiger partial charge is 0.478 e. The van der Waals surface area contributed by atoms with Crippen LogP contribution in [0.4, 0.5) is 0 Å². The van der Waals surface area contributed by atoms with E-state index in [4.69, 9.17) is 5.11 Å². The second-order valence-corrected chi connectivity index (χ2v) is 4.37. The van der Waals surface area contributed by atoms with Gasteiger partial charge in [0.2, 0.25) is 0 Å². The molecule has 3 heteroatoms. The number of allylic oxidation sites excluding steroid dienone is 1. The highest BCUT2D eigenvalue weighted by Gasteiger charge is 2.16. The van der Waals surface area contributed by atoms with Crippen molar-refractivity contribution in [2.75, 3.05) is 0 Å². The summed E-state index contributed by atoms with van der Waals surface area (Å²) in [6, 6.07) is 13.3. The monoisotopic (exact) mass is 266 g/mol. The summed E-state index contributed by atoms with van der Waals surface area (Å²) >= 11 is 0. The highest BCUT2D eigenvalue weighted by molar-refractivity contribution is 6.14. The molecule has 0 aliphatic carbocycles. The molecule has 0 spiro atoms. The summed E-state index contributed by atoms with van der Waals surface area (Å²) in [5.74, 6) is -1.38. The van der Waals surface area contributed by atoms with Gasteiger partial charge in [-0.2, -0.15) is 0 Å². The molecule has 3 nitrogen and oxygen atoms in total. The third-order valence-electron chi connectivity index (χ3n) is 3.00. The van der Waals surface area contributed by atoms with Crippen LogP contribution in [0.1, 0.15) is 31.8 Å². The van der Waals surface area contributed by atoms with Crippen molar-refractivity contribution in [3.8, 4) is 0 Å². The number of hydrogen-bond donors (Lipinski definition) is 1. The van der Waals surface area contributed by atoms with Crippen LogP contribution in [0.25, 0.3) is 0 Å². The van der Waals surface area contributed by atoms with Gasteiger partial charge < -0.3 is 5.11 Å². The fourth-order valence-corrected chi connectivity index (χ4v) is 1.98. The lowest BCUT2D eigenvalue weighted by Crippen LogP contribution is -2.09. The highest BCUT2D eigenvalue weighted by atomic mass is 16.4. The van der Waals surface area contributed by atoms with Crippen molar-refractivity contribution in [2.45, 2.75) is 6.42 Å². The number of hydrogen-bond acceptors (Lipinski definition) is 2. The third kappa shape index (κ3) is 2.83. The van der Waals surface area contributed by atoms with Crippen LogP contribution in [0.3, 0.4) is 0 Å². The SMILES string of the molecule is C=CCc1ccc(C(=O)c2ccccc2C(=O)O)cc1. The van der Waals surface area contributed by atoms with Crippen LogP contribution in [0.15, 0.2) is 61.2 Å². The van der Waals surface area contributed by atoms with E-state index >= 15 is 0 Å². The van der Waals surface area contributed by atoms with Crippen LogP contribution >= 0.6 is 0 Å². The smallest absolute Gasteiger partial charge is 0.336 e. The fraction of sp³-hybridized carbons (Fsp3) is 0.0588. The minimum Gasteiger partial charge on any atom is -0.478 e. The van der Waals surface area contributed by atoms with E-state index in [1.165, 1.54) is 12.1 Å². The van der Waals surface area contributed by atoms with E-state index in [0.29, 0.717) is 5.56 Å². The lowest BCUT2D eigenvalue weighted by molar-refractivity contribution is 0.0693. The molecule has 2 rings (SSSR count). The van der Waals surface area contributed by atoms with Gasteiger partial charge in [0, 0.05) is 11.1 Å². The van der Waals surface area contributed by atoms with Gasteiger partial charge in [0.1, 0.15) is 0 Å². The van der Waals surface area contributed by atoms with Crippen molar-refractivity contribution in [3.05, 3.63) is 83.4 Å². The Morgan fingerprint density at radius 1 is 1.00 bits per heavy atom. The molecule has 0 saturated heterocycles. The molecule has 0 fully saturated rings. The second-order valence-electron chi connectivity index (χ2n) is 4.37. The molecule has 0 unspecified atom stereocenters. The fourth-order valence-electron chi connectivity index (χ4n) is 1.98. The zero-order valence-electron chi connectivity index (χ0n) is 10.9. The van der Waals surface area contributed by atoms with Crippen molar-refractivity contribution in [1.29, 1.82) is 0 Å². The molecular weight excluding hydrogens is 252 g/mol. The molecular formula is C17H14O3. The Balaban J connectivity index is 2.36. The average molecular weight is 266 g/mol. The Labute approximate surface area is 117 Å². The predicted molar refractivity (Wildman–Crippen MR) is 77.2 cm³/mol. The molecule has 20 heavy (non-hydrogen) atoms. The molecule has 100 valence electrons. The maximum absolute atomic E-state index is 12.4. The second kappa shape index (κ2) is 5.97. The normalized spacial score (nSPS) is 10.0. The molecule has 0 aliphatic heterocycles. The first-order valence-corrected chi connectivity index (χ1v) is 6.20. The maximum atomic E-state index is 12.4. The first kappa shape index (κ1) is 13.7. The molecule has 0 bridgehead atoms. The van der Waals surface area contributed by atoms with Crippen molar-refractivity contribution in [3.63, 3.8) is 0 Å². The summed E-state index contributed by atoms with van der Waals surface area (Å²) in [4.78, 5) is 23.5. The molecule has 0 aliphatic rings. The summed E-state index contributed by atoms with van der Waals surface area (Å²) < 4.78 is 0. The number of rotatable bonds is 5. The average Bonchev–Trinajstić information content (AvgIpc) is 2.47. The van der Waals surface area contributed by atoms with E-state index < -0.39 is 5.97 Å². The van der Waals surface area contributed by atoms with Crippen LogP contribution in [0.2, 0.25) is 0 Å². The molecule has 2 aromatic carbocycles. The zero-order chi connectivity index (χ0) is 14.5. The number of carbonyl (C=O) groups is 2. The third-order valence-corrected chi connectivity index (χ3v) is 3.00. The first-order chi connectivity index (χ1) is 9.63. The molecule has 0 heterocycles. The van der Waals surface area contributed by atoms with Crippen LogP contribution in [-0.2, 0) is 6.42 Å². The lowest BCUT2D eigenvalue weighted by Gasteiger charge is -2.06. The van der Waals surface area contributed by atoms with E-state index in [1.54, 1.807) is 30.3 Å². The predicted octanol–water partition coefficient (Wildman–Crippen LogP) is 3.34. The molecule has 2 aromatic rings. The molecule has 0 atom stereocenters. The number of carboxylic acid groups (broad SMARTS) is 1.